The lowest BCUT2D eigenvalue weighted by molar-refractivity contribution is 0.230. The number of anilines is 1. The van der Waals surface area contributed by atoms with Crippen LogP contribution in [0.5, 0.6) is 0 Å². The maximum absolute atomic E-state index is 11.5. The Morgan fingerprint density at radius 3 is 2.67 bits per heavy atom. The van der Waals surface area contributed by atoms with Gasteiger partial charge in [0.25, 0.3) is 0 Å². The molecular formula is C13H14N2O3. The van der Waals surface area contributed by atoms with Gasteiger partial charge in [0, 0.05) is 37.3 Å². The van der Waals surface area contributed by atoms with Crippen molar-refractivity contribution in [3.05, 3.63) is 40.2 Å². The Hall–Kier alpha value is -2.30. The molecular weight excluding hydrogens is 232 g/mol. The van der Waals surface area contributed by atoms with Crippen LogP contribution < -0.4 is 10.9 Å². The SMILES string of the molecule is Cc1cc(=O)oc2cc(NC(=O)N(C)C)ccc12. The lowest BCUT2D eigenvalue weighted by Gasteiger charge is -2.12. The van der Waals surface area contributed by atoms with Gasteiger partial charge in [-0.3, -0.25) is 0 Å². The monoisotopic (exact) mass is 246 g/mol. The molecule has 5 nitrogen and oxygen atoms in total. The number of benzene rings is 1. The highest BCUT2D eigenvalue weighted by Gasteiger charge is 2.07. The second-order valence-electron chi connectivity index (χ2n) is 4.28. The summed E-state index contributed by atoms with van der Waals surface area (Å²) in [4.78, 5) is 24.2. The molecule has 0 aliphatic carbocycles. The molecule has 0 bridgehead atoms. The molecule has 0 atom stereocenters. The maximum atomic E-state index is 11.5. The summed E-state index contributed by atoms with van der Waals surface area (Å²) in [6, 6.07) is 6.45. The van der Waals surface area contributed by atoms with E-state index in [0.717, 1.165) is 10.9 Å². The van der Waals surface area contributed by atoms with E-state index in [-0.39, 0.29) is 6.03 Å². The van der Waals surface area contributed by atoms with Gasteiger partial charge in [0.2, 0.25) is 0 Å². The summed E-state index contributed by atoms with van der Waals surface area (Å²) in [6.07, 6.45) is 0. The van der Waals surface area contributed by atoms with Gasteiger partial charge >= 0.3 is 11.7 Å². The highest BCUT2D eigenvalue weighted by atomic mass is 16.4. The first-order chi connectivity index (χ1) is 8.47. The van der Waals surface area contributed by atoms with E-state index in [0.29, 0.717) is 11.3 Å². The molecule has 2 amide bonds. The number of urea groups is 1. The first-order valence-corrected chi connectivity index (χ1v) is 5.50. The van der Waals surface area contributed by atoms with Crippen LogP contribution in [0.25, 0.3) is 11.0 Å². The van der Waals surface area contributed by atoms with Gasteiger partial charge in [0.15, 0.2) is 0 Å². The van der Waals surface area contributed by atoms with Gasteiger partial charge in [0.1, 0.15) is 5.58 Å². The average Bonchev–Trinajstić information content (AvgIpc) is 2.27. The third-order valence-electron chi connectivity index (χ3n) is 2.61. The van der Waals surface area contributed by atoms with Crippen molar-refractivity contribution >= 4 is 22.7 Å². The fraction of sp³-hybridized carbons (Fsp3) is 0.231. The molecule has 0 radical (unpaired) electrons. The topological polar surface area (TPSA) is 62.6 Å². The van der Waals surface area contributed by atoms with E-state index in [1.54, 1.807) is 26.2 Å². The summed E-state index contributed by atoms with van der Waals surface area (Å²) in [5, 5.41) is 3.56. The Morgan fingerprint density at radius 2 is 2.00 bits per heavy atom. The second kappa shape index (κ2) is 4.52. The molecule has 1 N–H and O–H groups in total. The number of carbonyl (C=O) groups excluding carboxylic acids is 1. The second-order valence-corrected chi connectivity index (χ2v) is 4.28. The summed E-state index contributed by atoms with van der Waals surface area (Å²) in [5.74, 6) is 0. The van der Waals surface area contributed by atoms with Crippen LogP contribution in [-0.2, 0) is 0 Å². The number of carbonyl (C=O) groups is 1. The van der Waals surface area contributed by atoms with Crippen molar-refractivity contribution in [2.75, 3.05) is 19.4 Å². The minimum atomic E-state index is -0.393. The largest absolute Gasteiger partial charge is 0.423 e. The number of aryl methyl sites for hydroxylation is 1. The lowest BCUT2D eigenvalue weighted by atomic mass is 10.1. The summed E-state index contributed by atoms with van der Waals surface area (Å²) in [7, 11) is 3.31. The van der Waals surface area contributed by atoms with Gasteiger partial charge in [-0.25, -0.2) is 9.59 Å². The predicted octanol–water partition coefficient (Wildman–Crippen LogP) is 2.19. The first kappa shape index (κ1) is 12.2. The molecule has 0 unspecified atom stereocenters. The number of amides is 2. The van der Waals surface area contributed by atoms with Crippen molar-refractivity contribution in [2.24, 2.45) is 0 Å². The Balaban J connectivity index is 2.44. The van der Waals surface area contributed by atoms with E-state index in [4.69, 9.17) is 4.42 Å². The molecule has 2 aromatic rings. The molecule has 18 heavy (non-hydrogen) atoms. The molecule has 0 aliphatic rings. The molecule has 0 saturated carbocycles. The molecule has 0 aliphatic heterocycles. The van der Waals surface area contributed by atoms with Crippen molar-refractivity contribution in [3.63, 3.8) is 0 Å². The number of nitrogens with zero attached hydrogens (tertiary/aromatic N) is 1. The first-order valence-electron chi connectivity index (χ1n) is 5.50. The minimum Gasteiger partial charge on any atom is -0.423 e. The number of nitrogens with one attached hydrogen (secondary N) is 1. The summed E-state index contributed by atoms with van der Waals surface area (Å²) in [5.41, 5.74) is 1.52. The van der Waals surface area contributed by atoms with Crippen molar-refractivity contribution < 1.29 is 9.21 Å². The van der Waals surface area contributed by atoms with E-state index < -0.39 is 5.63 Å². The van der Waals surface area contributed by atoms with Gasteiger partial charge < -0.3 is 14.6 Å². The predicted molar refractivity (Wildman–Crippen MR) is 69.9 cm³/mol. The van der Waals surface area contributed by atoms with E-state index in [1.807, 2.05) is 13.0 Å². The molecule has 1 aromatic heterocycles. The van der Waals surface area contributed by atoms with E-state index >= 15 is 0 Å². The molecule has 2 rings (SSSR count). The molecule has 1 aromatic carbocycles. The van der Waals surface area contributed by atoms with E-state index in [9.17, 15) is 9.59 Å². The van der Waals surface area contributed by atoms with E-state index in [2.05, 4.69) is 5.32 Å². The number of hydrogen-bond acceptors (Lipinski definition) is 3. The molecule has 0 fully saturated rings. The standard InChI is InChI=1S/C13H14N2O3/c1-8-6-12(16)18-11-7-9(4-5-10(8)11)14-13(17)15(2)3/h4-7H,1-3H3,(H,14,17). The summed E-state index contributed by atoms with van der Waals surface area (Å²) >= 11 is 0. The molecule has 0 saturated heterocycles. The zero-order valence-corrected chi connectivity index (χ0v) is 10.5. The van der Waals surface area contributed by atoms with Gasteiger partial charge in [0.05, 0.1) is 0 Å². The Bertz CT molecular complexity index is 659. The highest BCUT2D eigenvalue weighted by molar-refractivity contribution is 5.92. The molecule has 5 heteroatoms. The maximum Gasteiger partial charge on any atom is 0.336 e. The Kier molecular flexibility index (Phi) is 3.06. The third kappa shape index (κ3) is 2.34. The fourth-order valence-electron chi connectivity index (χ4n) is 1.64. The van der Waals surface area contributed by atoms with Crippen molar-refractivity contribution in [1.29, 1.82) is 0 Å². The number of fused-ring (bicyclic) bond motifs is 1. The molecule has 1 heterocycles. The van der Waals surface area contributed by atoms with Gasteiger partial charge in [-0.2, -0.15) is 0 Å². The highest BCUT2D eigenvalue weighted by Crippen LogP contribution is 2.20. The van der Waals surface area contributed by atoms with Crippen molar-refractivity contribution in [2.45, 2.75) is 6.92 Å². The molecule has 0 spiro atoms. The number of rotatable bonds is 1. The van der Waals surface area contributed by atoms with Gasteiger partial charge in [-0.15, -0.1) is 0 Å². The normalized spacial score (nSPS) is 10.4. The third-order valence-corrected chi connectivity index (χ3v) is 2.61. The van der Waals surface area contributed by atoms with Crippen LogP contribution in [-0.4, -0.2) is 25.0 Å². The van der Waals surface area contributed by atoms with Crippen LogP contribution in [0.4, 0.5) is 10.5 Å². The fourth-order valence-corrected chi connectivity index (χ4v) is 1.64. The van der Waals surface area contributed by atoms with E-state index in [1.165, 1.54) is 11.0 Å². The van der Waals surface area contributed by atoms with Crippen LogP contribution in [0, 0.1) is 6.92 Å². The smallest absolute Gasteiger partial charge is 0.336 e. The zero-order chi connectivity index (χ0) is 13.3. The summed E-state index contributed by atoms with van der Waals surface area (Å²) < 4.78 is 5.10. The van der Waals surface area contributed by atoms with Crippen LogP contribution in [0.3, 0.4) is 0 Å². The van der Waals surface area contributed by atoms with Crippen LogP contribution in [0.15, 0.2) is 33.5 Å². The minimum absolute atomic E-state index is 0.232. The van der Waals surface area contributed by atoms with Gasteiger partial charge in [-0.05, 0) is 24.6 Å². The molecule has 94 valence electrons. The average molecular weight is 246 g/mol. The van der Waals surface area contributed by atoms with Crippen molar-refractivity contribution in [3.8, 4) is 0 Å². The van der Waals surface area contributed by atoms with Crippen molar-refractivity contribution in [1.82, 2.24) is 4.90 Å². The van der Waals surface area contributed by atoms with Crippen LogP contribution >= 0.6 is 0 Å². The lowest BCUT2D eigenvalue weighted by Crippen LogP contribution is -2.27. The van der Waals surface area contributed by atoms with Crippen LogP contribution in [0.1, 0.15) is 5.56 Å². The Labute approximate surface area is 104 Å². The van der Waals surface area contributed by atoms with Crippen LogP contribution in [0.2, 0.25) is 0 Å². The quantitative estimate of drug-likeness (QED) is 0.784. The number of hydrogen-bond donors (Lipinski definition) is 1. The Morgan fingerprint density at radius 1 is 1.28 bits per heavy atom. The summed E-state index contributed by atoms with van der Waals surface area (Å²) in [6.45, 7) is 1.84. The zero-order valence-electron chi connectivity index (χ0n) is 10.5. The van der Waals surface area contributed by atoms with Gasteiger partial charge in [-0.1, -0.05) is 0 Å².